The summed E-state index contributed by atoms with van der Waals surface area (Å²) in [4.78, 5) is 4.88. The van der Waals surface area contributed by atoms with E-state index in [1.165, 1.54) is 26.1 Å². The van der Waals surface area contributed by atoms with Gasteiger partial charge in [-0.3, -0.25) is 0 Å². The van der Waals surface area contributed by atoms with Crippen molar-refractivity contribution in [2.75, 3.05) is 53.9 Å². The maximum Gasteiger partial charge on any atom is 0.0613 e. The van der Waals surface area contributed by atoms with Gasteiger partial charge in [0, 0.05) is 18.6 Å². The third-order valence-corrected chi connectivity index (χ3v) is 4.76. The molecule has 1 saturated heterocycles. The van der Waals surface area contributed by atoms with E-state index in [1.807, 2.05) is 7.05 Å². The molecule has 2 atom stereocenters. The van der Waals surface area contributed by atoms with Crippen LogP contribution in [0.1, 0.15) is 32.6 Å². The summed E-state index contributed by atoms with van der Waals surface area (Å²) in [5.41, 5.74) is -0.0750. The molecule has 0 saturated carbocycles. The van der Waals surface area contributed by atoms with Crippen molar-refractivity contribution in [3.63, 3.8) is 0 Å². The highest BCUT2D eigenvalue weighted by Gasteiger charge is 2.25. The molecule has 0 aromatic heterocycles. The maximum atomic E-state index is 9.52. The number of likely N-dealkylation sites (tertiary alicyclic amines) is 1. The number of aliphatic hydroxyl groups is 1. The molecule has 1 fully saturated rings. The Morgan fingerprint density at radius 1 is 1.47 bits per heavy atom. The van der Waals surface area contributed by atoms with Gasteiger partial charge in [0.05, 0.1) is 6.61 Å². The highest BCUT2D eigenvalue weighted by Crippen LogP contribution is 2.18. The highest BCUT2D eigenvalue weighted by molar-refractivity contribution is 4.85. The Bertz CT molecular complexity index is 235. The lowest BCUT2D eigenvalue weighted by molar-refractivity contribution is 0.146. The van der Waals surface area contributed by atoms with E-state index in [9.17, 15) is 5.11 Å². The summed E-state index contributed by atoms with van der Waals surface area (Å²) >= 11 is 0. The predicted molar refractivity (Wildman–Crippen MR) is 81.5 cm³/mol. The largest absolute Gasteiger partial charge is 0.394 e. The molecular formula is C15H33N3O. The fourth-order valence-electron chi connectivity index (χ4n) is 3.14. The van der Waals surface area contributed by atoms with Crippen LogP contribution in [0.5, 0.6) is 0 Å². The van der Waals surface area contributed by atoms with Gasteiger partial charge in [-0.05, 0) is 65.8 Å². The van der Waals surface area contributed by atoms with E-state index in [4.69, 9.17) is 0 Å². The minimum atomic E-state index is -0.0750. The molecule has 1 heterocycles. The first-order valence-electron chi connectivity index (χ1n) is 7.72. The van der Waals surface area contributed by atoms with Gasteiger partial charge in [-0.15, -0.1) is 0 Å². The lowest BCUT2D eigenvalue weighted by Crippen LogP contribution is -2.46. The second-order valence-corrected chi connectivity index (χ2v) is 6.32. The van der Waals surface area contributed by atoms with Crippen LogP contribution >= 0.6 is 0 Å². The number of nitrogens with one attached hydrogen (secondary N) is 1. The molecule has 0 aromatic rings. The average molecular weight is 271 g/mol. The predicted octanol–water partition coefficient (Wildman–Crippen LogP) is 1.01. The van der Waals surface area contributed by atoms with Crippen LogP contribution < -0.4 is 5.32 Å². The topological polar surface area (TPSA) is 38.7 Å². The molecule has 0 bridgehead atoms. The van der Waals surface area contributed by atoms with Crippen molar-refractivity contribution < 1.29 is 5.11 Å². The van der Waals surface area contributed by atoms with Crippen molar-refractivity contribution in [1.82, 2.24) is 15.1 Å². The number of hydrogen-bond acceptors (Lipinski definition) is 4. The minimum Gasteiger partial charge on any atom is -0.394 e. The molecule has 0 radical (unpaired) electrons. The molecule has 2 N–H and O–H groups in total. The third-order valence-electron chi connectivity index (χ3n) is 4.76. The Labute approximate surface area is 119 Å². The first-order valence-corrected chi connectivity index (χ1v) is 7.72. The van der Waals surface area contributed by atoms with E-state index >= 15 is 0 Å². The van der Waals surface area contributed by atoms with Crippen molar-refractivity contribution in [2.24, 2.45) is 5.92 Å². The van der Waals surface area contributed by atoms with Crippen LogP contribution in [-0.4, -0.2) is 74.4 Å². The Hall–Kier alpha value is -0.160. The van der Waals surface area contributed by atoms with Gasteiger partial charge in [0.1, 0.15) is 0 Å². The van der Waals surface area contributed by atoms with Gasteiger partial charge < -0.3 is 20.2 Å². The van der Waals surface area contributed by atoms with Crippen LogP contribution in [0.2, 0.25) is 0 Å². The summed E-state index contributed by atoms with van der Waals surface area (Å²) in [5, 5.41) is 12.8. The van der Waals surface area contributed by atoms with Crippen LogP contribution in [-0.2, 0) is 0 Å². The van der Waals surface area contributed by atoms with E-state index in [-0.39, 0.29) is 12.1 Å². The number of nitrogens with zero attached hydrogens (tertiary/aromatic N) is 2. The van der Waals surface area contributed by atoms with Crippen LogP contribution in [0.25, 0.3) is 0 Å². The van der Waals surface area contributed by atoms with Crippen LogP contribution in [0.3, 0.4) is 0 Å². The number of likely N-dealkylation sites (N-methyl/N-ethyl adjacent to an activating group) is 1. The molecular weight excluding hydrogens is 238 g/mol. The van der Waals surface area contributed by atoms with Gasteiger partial charge in [-0.1, -0.05) is 6.92 Å². The van der Waals surface area contributed by atoms with Gasteiger partial charge in [0.25, 0.3) is 0 Å². The molecule has 1 rings (SSSR count). The van der Waals surface area contributed by atoms with Crippen molar-refractivity contribution in [1.29, 1.82) is 0 Å². The highest BCUT2D eigenvalue weighted by atomic mass is 16.3. The normalized spacial score (nSPS) is 24.0. The molecule has 0 aliphatic carbocycles. The number of aliphatic hydroxyl groups excluding tert-OH is 1. The van der Waals surface area contributed by atoms with Crippen LogP contribution in [0.4, 0.5) is 0 Å². The van der Waals surface area contributed by atoms with Crippen molar-refractivity contribution >= 4 is 0 Å². The first-order chi connectivity index (χ1) is 9.05. The summed E-state index contributed by atoms with van der Waals surface area (Å²) in [7, 11) is 6.39. The number of rotatable bonds is 9. The molecule has 1 aliphatic rings. The second-order valence-electron chi connectivity index (χ2n) is 6.32. The van der Waals surface area contributed by atoms with Gasteiger partial charge in [0.2, 0.25) is 0 Å². The Balaban J connectivity index is 2.21. The Morgan fingerprint density at radius 3 is 2.68 bits per heavy atom. The molecule has 0 amide bonds. The molecule has 4 heteroatoms. The van der Waals surface area contributed by atoms with Gasteiger partial charge >= 0.3 is 0 Å². The molecule has 0 aromatic carbocycles. The molecule has 19 heavy (non-hydrogen) atoms. The smallest absolute Gasteiger partial charge is 0.0613 e. The van der Waals surface area contributed by atoms with E-state index in [1.54, 1.807) is 0 Å². The lowest BCUT2D eigenvalue weighted by atomic mass is 9.91. The van der Waals surface area contributed by atoms with E-state index in [0.717, 1.165) is 31.7 Å². The average Bonchev–Trinajstić information content (AvgIpc) is 2.80. The Kier molecular flexibility index (Phi) is 7.29. The van der Waals surface area contributed by atoms with Crippen molar-refractivity contribution in [3.8, 4) is 0 Å². The van der Waals surface area contributed by atoms with E-state index in [2.05, 4.69) is 36.1 Å². The summed E-state index contributed by atoms with van der Waals surface area (Å²) < 4.78 is 0. The van der Waals surface area contributed by atoms with E-state index in [0.29, 0.717) is 0 Å². The molecule has 114 valence electrons. The fraction of sp³-hybridized carbons (Fsp3) is 1.00. The monoisotopic (exact) mass is 271 g/mol. The van der Waals surface area contributed by atoms with Gasteiger partial charge in [0.15, 0.2) is 0 Å². The molecule has 2 unspecified atom stereocenters. The second kappa shape index (κ2) is 8.20. The quantitative estimate of drug-likeness (QED) is 0.656. The number of hydrogen-bond donors (Lipinski definition) is 2. The zero-order chi connectivity index (χ0) is 14.3. The first kappa shape index (κ1) is 16.9. The SMILES string of the molecule is CCC(CO)(CCCN(C)CC1CCN(C)C1)NC. The molecule has 4 nitrogen and oxygen atoms in total. The summed E-state index contributed by atoms with van der Waals surface area (Å²) in [5.74, 6) is 0.841. The van der Waals surface area contributed by atoms with Crippen molar-refractivity contribution in [3.05, 3.63) is 0 Å². The zero-order valence-electron chi connectivity index (χ0n) is 13.3. The molecule has 0 spiro atoms. The minimum absolute atomic E-state index is 0.0750. The van der Waals surface area contributed by atoms with Crippen LogP contribution in [0.15, 0.2) is 0 Å². The standard InChI is InChI=1S/C15H33N3O/c1-5-15(13-19,16-2)8-6-9-17(3)11-14-7-10-18(4)12-14/h14,16,19H,5-13H2,1-4H3. The lowest BCUT2D eigenvalue weighted by Gasteiger charge is -2.31. The summed E-state index contributed by atoms with van der Waals surface area (Å²) in [6.07, 6.45) is 4.52. The molecule has 1 aliphatic heterocycles. The van der Waals surface area contributed by atoms with Crippen LogP contribution in [0, 0.1) is 5.92 Å². The third kappa shape index (κ3) is 5.38. The Morgan fingerprint density at radius 2 is 2.21 bits per heavy atom. The maximum absolute atomic E-state index is 9.52. The van der Waals surface area contributed by atoms with Gasteiger partial charge in [-0.25, -0.2) is 0 Å². The summed E-state index contributed by atoms with van der Waals surface area (Å²) in [6.45, 7) is 7.21. The summed E-state index contributed by atoms with van der Waals surface area (Å²) in [6, 6.07) is 0. The zero-order valence-corrected chi connectivity index (χ0v) is 13.3. The fourth-order valence-corrected chi connectivity index (χ4v) is 3.14. The van der Waals surface area contributed by atoms with Crippen molar-refractivity contribution in [2.45, 2.75) is 38.1 Å². The van der Waals surface area contributed by atoms with Gasteiger partial charge in [-0.2, -0.15) is 0 Å². The van der Waals surface area contributed by atoms with E-state index < -0.39 is 0 Å².